The van der Waals surface area contributed by atoms with Gasteiger partial charge in [0.2, 0.25) is 0 Å². The van der Waals surface area contributed by atoms with Crippen molar-refractivity contribution in [3.05, 3.63) is 131 Å². The van der Waals surface area contributed by atoms with Gasteiger partial charge in [-0.3, -0.25) is 9.78 Å². The summed E-state index contributed by atoms with van der Waals surface area (Å²) in [5.41, 5.74) is 6.31. The smallest absolute Gasteiger partial charge is 0.337 e. The number of methoxy groups -OCH3 is 1. The third-order valence-corrected chi connectivity index (χ3v) is 5.87. The summed E-state index contributed by atoms with van der Waals surface area (Å²) < 4.78 is 4.85. The van der Waals surface area contributed by atoms with Gasteiger partial charge in [0.25, 0.3) is 5.91 Å². The van der Waals surface area contributed by atoms with E-state index in [1.807, 2.05) is 72.8 Å². The highest BCUT2D eigenvalue weighted by Crippen LogP contribution is 2.43. The number of rotatable bonds is 5. The maximum atomic E-state index is 14.0. The number of hydrogen-bond donors (Lipinski definition) is 0. The number of para-hydroxylation sites is 1. The highest BCUT2D eigenvalue weighted by molar-refractivity contribution is 6.38. The largest absolute Gasteiger partial charge is 0.465 e. The van der Waals surface area contributed by atoms with Gasteiger partial charge < -0.3 is 9.64 Å². The second kappa shape index (κ2) is 9.16. The maximum absolute atomic E-state index is 14.0. The monoisotopic (exact) mass is 446 g/mol. The van der Waals surface area contributed by atoms with Crippen molar-refractivity contribution in [2.45, 2.75) is 6.54 Å². The highest BCUT2D eigenvalue weighted by Gasteiger charge is 2.35. The molecule has 5 heteroatoms. The van der Waals surface area contributed by atoms with Crippen molar-refractivity contribution >= 4 is 28.7 Å². The summed E-state index contributed by atoms with van der Waals surface area (Å²) in [7, 11) is 1.36. The molecule has 0 radical (unpaired) electrons. The zero-order chi connectivity index (χ0) is 23.5. The zero-order valence-electron chi connectivity index (χ0n) is 18.6. The molecule has 1 aliphatic heterocycles. The third-order valence-electron chi connectivity index (χ3n) is 5.87. The number of amides is 1. The number of anilines is 1. The molecule has 1 aromatic heterocycles. The van der Waals surface area contributed by atoms with Gasteiger partial charge >= 0.3 is 5.97 Å². The lowest BCUT2D eigenvalue weighted by atomic mass is 9.91. The fraction of sp³-hybridized carbons (Fsp3) is 0.0690. The molecule has 1 amide bonds. The number of nitrogens with zero attached hydrogens (tertiary/aromatic N) is 2. The summed E-state index contributed by atoms with van der Waals surface area (Å²) in [6, 6.07) is 28.7. The molecule has 0 fully saturated rings. The van der Waals surface area contributed by atoms with Gasteiger partial charge in [0.1, 0.15) is 0 Å². The Bertz CT molecular complexity index is 1350. The van der Waals surface area contributed by atoms with Crippen LogP contribution < -0.4 is 4.90 Å². The number of fused-ring (bicyclic) bond motifs is 1. The standard InChI is InChI=1S/C29H22N2O3/c1-34-29(33)22-12-7-9-20(17-22)19-31-25-15-6-5-14-24(25)27(28(31)32)26(21-10-3-2-4-11-21)23-13-8-16-30-18-23/h2-18H,19H2,1H3. The van der Waals surface area contributed by atoms with Gasteiger partial charge in [-0.05, 0) is 35.4 Å². The number of carbonyl (C=O) groups excluding carboxylic acids is 2. The number of pyridine rings is 1. The van der Waals surface area contributed by atoms with Crippen LogP contribution in [0.25, 0.3) is 11.1 Å². The molecule has 1 aliphatic rings. The lowest BCUT2D eigenvalue weighted by Gasteiger charge is -2.18. The van der Waals surface area contributed by atoms with E-state index in [9.17, 15) is 9.59 Å². The van der Waals surface area contributed by atoms with E-state index in [0.29, 0.717) is 17.7 Å². The van der Waals surface area contributed by atoms with E-state index < -0.39 is 5.97 Å². The first-order valence-electron chi connectivity index (χ1n) is 11.0. The predicted molar refractivity (Wildman–Crippen MR) is 132 cm³/mol. The average molecular weight is 447 g/mol. The van der Waals surface area contributed by atoms with E-state index in [0.717, 1.165) is 33.5 Å². The van der Waals surface area contributed by atoms with Crippen LogP contribution >= 0.6 is 0 Å². The SMILES string of the molecule is COC(=O)c1cccc(CN2C(=O)C(=C(c3ccccc3)c3cccnc3)c3ccccc32)c1. The Hall–Kier alpha value is -4.51. The van der Waals surface area contributed by atoms with Gasteiger partial charge in [0.15, 0.2) is 0 Å². The Balaban J connectivity index is 1.66. The van der Waals surface area contributed by atoms with E-state index in [4.69, 9.17) is 4.74 Å². The third kappa shape index (κ3) is 3.88. The van der Waals surface area contributed by atoms with Crippen LogP contribution in [-0.2, 0) is 16.1 Å². The minimum Gasteiger partial charge on any atom is -0.465 e. The van der Waals surface area contributed by atoms with Gasteiger partial charge in [0.05, 0.1) is 30.5 Å². The predicted octanol–water partition coefficient (Wildman–Crippen LogP) is 5.37. The van der Waals surface area contributed by atoms with Crippen molar-refractivity contribution in [1.82, 2.24) is 4.98 Å². The number of esters is 1. The van der Waals surface area contributed by atoms with Gasteiger partial charge in [-0.15, -0.1) is 0 Å². The molecule has 0 spiro atoms. The summed E-state index contributed by atoms with van der Waals surface area (Å²) >= 11 is 0. The first-order valence-corrected chi connectivity index (χ1v) is 11.0. The van der Waals surface area contributed by atoms with Crippen molar-refractivity contribution in [3.8, 4) is 0 Å². The van der Waals surface area contributed by atoms with Crippen LogP contribution in [0.1, 0.15) is 32.6 Å². The quantitative estimate of drug-likeness (QED) is 0.305. The number of carbonyl (C=O) groups is 2. The van der Waals surface area contributed by atoms with Gasteiger partial charge in [-0.2, -0.15) is 0 Å². The summed E-state index contributed by atoms with van der Waals surface area (Å²) in [6.45, 7) is 0.333. The fourth-order valence-corrected chi connectivity index (χ4v) is 4.35. The summed E-state index contributed by atoms with van der Waals surface area (Å²) in [5.74, 6) is -0.495. The minimum absolute atomic E-state index is 0.0904. The number of benzene rings is 3. The maximum Gasteiger partial charge on any atom is 0.337 e. The summed E-state index contributed by atoms with van der Waals surface area (Å²) in [4.78, 5) is 32.1. The Morgan fingerprint density at radius 3 is 2.35 bits per heavy atom. The van der Waals surface area contributed by atoms with E-state index in [1.54, 1.807) is 35.5 Å². The zero-order valence-corrected chi connectivity index (χ0v) is 18.6. The molecule has 0 atom stereocenters. The molecule has 0 aliphatic carbocycles. The van der Waals surface area contributed by atoms with Crippen molar-refractivity contribution in [1.29, 1.82) is 0 Å². The van der Waals surface area contributed by atoms with Gasteiger partial charge in [-0.1, -0.05) is 66.7 Å². The molecule has 4 aromatic rings. The van der Waals surface area contributed by atoms with E-state index in [2.05, 4.69) is 4.98 Å². The van der Waals surface area contributed by atoms with Crippen LogP contribution in [0.2, 0.25) is 0 Å². The van der Waals surface area contributed by atoms with E-state index in [1.165, 1.54) is 7.11 Å². The number of aromatic nitrogens is 1. The molecule has 0 N–H and O–H groups in total. The summed E-state index contributed by atoms with van der Waals surface area (Å²) in [5, 5.41) is 0. The summed E-state index contributed by atoms with van der Waals surface area (Å²) in [6.07, 6.45) is 3.51. The second-order valence-electron chi connectivity index (χ2n) is 7.96. The molecule has 166 valence electrons. The van der Waals surface area contributed by atoms with Crippen molar-refractivity contribution < 1.29 is 14.3 Å². The molecular formula is C29H22N2O3. The normalized spacial score (nSPS) is 14.0. The first-order chi connectivity index (χ1) is 16.7. The lowest BCUT2D eigenvalue weighted by molar-refractivity contribution is -0.113. The number of hydrogen-bond acceptors (Lipinski definition) is 4. The van der Waals surface area contributed by atoms with Gasteiger partial charge in [-0.25, -0.2) is 4.79 Å². The highest BCUT2D eigenvalue weighted by atomic mass is 16.5. The minimum atomic E-state index is -0.404. The first kappa shape index (κ1) is 21.3. The fourth-order valence-electron chi connectivity index (χ4n) is 4.35. The Morgan fingerprint density at radius 2 is 1.59 bits per heavy atom. The van der Waals surface area contributed by atoms with Crippen molar-refractivity contribution in [2.24, 2.45) is 0 Å². The van der Waals surface area contributed by atoms with Crippen LogP contribution in [0.4, 0.5) is 5.69 Å². The van der Waals surface area contributed by atoms with E-state index >= 15 is 0 Å². The molecule has 34 heavy (non-hydrogen) atoms. The second-order valence-corrected chi connectivity index (χ2v) is 7.96. The van der Waals surface area contributed by atoms with Crippen LogP contribution in [0.3, 0.4) is 0 Å². The van der Waals surface area contributed by atoms with Crippen molar-refractivity contribution in [3.63, 3.8) is 0 Å². The molecule has 3 aromatic carbocycles. The molecule has 5 nitrogen and oxygen atoms in total. The molecule has 0 bridgehead atoms. The van der Waals surface area contributed by atoms with Crippen LogP contribution in [0.5, 0.6) is 0 Å². The Labute approximate surface area is 198 Å². The van der Waals surface area contributed by atoms with Crippen LogP contribution in [-0.4, -0.2) is 24.0 Å². The molecule has 0 unspecified atom stereocenters. The van der Waals surface area contributed by atoms with Crippen LogP contribution in [0.15, 0.2) is 103 Å². The molecule has 2 heterocycles. The van der Waals surface area contributed by atoms with E-state index in [-0.39, 0.29) is 5.91 Å². The van der Waals surface area contributed by atoms with Gasteiger partial charge in [0, 0.05) is 29.1 Å². The molecular weight excluding hydrogens is 424 g/mol. The Kier molecular flexibility index (Phi) is 5.75. The topological polar surface area (TPSA) is 59.5 Å². The lowest BCUT2D eigenvalue weighted by Crippen LogP contribution is -2.26. The average Bonchev–Trinajstić information content (AvgIpc) is 3.16. The molecule has 5 rings (SSSR count). The molecule has 0 saturated heterocycles. The van der Waals surface area contributed by atoms with Crippen LogP contribution in [0, 0.1) is 0 Å². The molecule has 0 saturated carbocycles. The number of ether oxygens (including phenoxy) is 1. The van der Waals surface area contributed by atoms with Crippen molar-refractivity contribution in [2.75, 3.05) is 12.0 Å². The Morgan fingerprint density at radius 1 is 0.853 bits per heavy atom.